The zero-order valence-electron chi connectivity index (χ0n) is 11.9. The molecule has 1 unspecified atom stereocenters. The molecule has 0 radical (unpaired) electrons. The maximum absolute atomic E-state index is 11.1. The summed E-state index contributed by atoms with van der Waals surface area (Å²) in [6.07, 6.45) is 8.95. The highest BCUT2D eigenvalue weighted by Gasteiger charge is 2.26. The highest BCUT2D eigenvalue weighted by molar-refractivity contribution is 5.61. The summed E-state index contributed by atoms with van der Waals surface area (Å²) in [5.41, 5.74) is 1.48. The fourth-order valence-electron chi connectivity index (χ4n) is 2.32. The third kappa shape index (κ3) is 4.94. The maximum Gasteiger partial charge on any atom is 0.513 e. The van der Waals surface area contributed by atoms with Crippen LogP contribution in [0, 0.1) is 5.41 Å². The molecule has 1 aliphatic carbocycles. The fraction of sp³-hybridized carbons (Fsp3) is 0.667. The molecule has 0 spiro atoms. The molecule has 0 amide bonds. The minimum atomic E-state index is -0.616. The van der Waals surface area contributed by atoms with Gasteiger partial charge in [0, 0.05) is 6.42 Å². The van der Waals surface area contributed by atoms with Gasteiger partial charge in [0.05, 0.1) is 7.11 Å². The van der Waals surface area contributed by atoms with Crippen molar-refractivity contribution in [2.24, 2.45) is 5.41 Å². The summed E-state index contributed by atoms with van der Waals surface area (Å²) in [7, 11) is 1.33. The number of rotatable bonds is 4. The van der Waals surface area contributed by atoms with Gasteiger partial charge >= 0.3 is 6.16 Å². The van der Waals surface area contributed by atoms with Crippen LogP contribution in [0.5, 0.6) is 0 Å². The van der Waals surface area contributed by atoms with Gasteiger partial charge in [0.1, 0.15) is 5.76 Å². The summed E-state index contributed by atoms with van der Waals surface area (Å²) >= 11 is 0. The average Bonchev–Trinajstić information content (AvgIpc) is 2.28. The van der Waals surface area contributed by atoms with Gasteiger partial charge in [-0.15, -0.1) is 0 Å². The summed E-state index contributed by atoms with van der Waals surface area (Å²) in [6.45, 7) is 6.46. The monoisotopic (exact) mass is 252 g/mol. The fourth-order valence-corrected chi connectivity index (χ4v) is 2.32. The number of hydrogen-bond donors (Lipinski definition) is 0. The Morgan fingerprint density at radius 2 is 2.22 bits per heavy atom. The lowest BCUT2D eigenvalue weighted by Gasteiger charge is -2.30. The second-order valence-electron chi connectivity index (χ2n) is 5.49. The second kappa shape index (κ2) is 6.62. The standard InChI is InChI=1S/C15H24O3/c1-12(2)7-5-9-15(3)10-6-8-13(11-15)18-14(16)17-4/h7,11H,5-6,8-10H2,1-4H3. The molecule has 0 aromatic carbocycles. The molecule has 102 valence electrons. The molecule has 1 rings (SSSR count). The van der Waals surface area contributed by atoms with E-state index in [0.29, 0.717) is 0 Å². The molecule has 0 bridgehead atoms. The summed E-state index contributed by atoms with van der Waals surface area (Å²) in [4.78, 5) is 11.1. The van der Waals surface area contributed by atoms with Gasteiger partial charge < -0.3 is 9.47 Å². The van der Waals surface area contributed by atoms with Crippen LogP contribution < -0.4 is 0 Å². The molecule has 0 fully saturated rings. The average molecular weight is 252 g/mol. The number of carbonyl (C=O) groups excluding carboxylic acids is 1. The first-order chi connectivity index (χ1) is 8.45. The van der Waals surface area contributed by atoms with Crippen LogP contribution in [0.25, 0.3) is 0 Å². The summed E-state index contributed by atoms with van der Waals surface area (Å²) < 4.78 is 9.67. The summed E-state index contributed by atoms with van der Waals surface area (Å²) in [5, 5.41) is 0. The first-order valence-corrected chi connectivity index (χ1v) is 6.56. The van der Waals surface area contributed by atoms with Gasteiger partial charge in [0.25, 0.3) is 0 Å². The number of allylic oxidation sites excluding steroid dienone is 4. The van der Waals surface area contributed by atoms with Crippen LogP contribution in [0.1, 0.15) is 52.9 Å². The van der Waals surface area contributed by atoms with Crippen LogP contribution in [0.4, 0.5) is 4.79 Å². The number of hydrogen-bond acceptors (Lipinski definition) is 3. The third-order valence-corrected chi connectivity index (χ3v) is 3.33. The lowest BCUT2D eigenvalue weighted by atomic mass is 9.76. The Balaban J connectivity index is 2.61. The second-order valence-corrected chi connectivity index (χ2v) is 5.49. The zero-order valence-corrected chi connectivity index (χ0v) is 11.9. The molecule has 0 saturated heterocycles. The van der Waals surface area contributed by atoms with Crippen LogP contribution in [0.3, 0.4) is 0 Å². The first-order valence-electron chi connectivity index (χ1n) is 6.56. The van der Waals surface area contributed by atoms with E-state index >= 15 is 0 Å². The molecule has 3 heteroatoms. The van der Waals surface area contributed by atoms with E-state index in [1.807, 2.05) is 0 Å². The van der Waals surface area contributed by atoms with Crippen molar-refractivity contribution in [2.75, 3.05) is 7.11 Å². The molecule has 0 aliphatic heterocycles. The number of carbonyl (C=O) groups is 1. The molecule has 0 heterocycles. The van der Waals surface area contributed by atoms with Crippen molar-refractivity contribution in [3.8, 4) is 0 Å². The molecular weight excluding hydrogens is 228 g/mol. The minimum Gasteiger partial charge on any atom is -0.437 e. The van der Waals surface area contributed by atoms with Crippen LogP contribution in [-0.4, -0.2) is 13.3 Å². The molecule has 0 aromatic heterocycles. The van der Waals surface area contributed by atoms with Crippen molar-refractivity contribution in [3.63, 3.8) is 0 Å². The Morgan fingerprint density at radius 3 is 2.83 bits per heavy atom. The third-order valence-electron chi connectivity index (χ3n) is 3.33. The number of methoxy groups -OCH3 is 1. The van der Waals surface area contributed by atoms with E-state index in [-0.39, 0.29) is 5.41 Å². The van der Waals surface area contributed by atoms with Crippen molar-refractivity contribution in [3.05, 3.63) is 23.5 Å². The van der Waals surface area contributed by atoms with Crippen molar-refractivity contribution in [1.82, 2.24) is 0 Å². The summed E-state index contributed by atoms with van der Waals surface area (Å²) in [6, 6.07) is 0. The highest BCUT2D eigenvalue weighted by atomic mass is 16.7. The van der Waals surface area contributed by atoms with Crippen molar-refractivity contribution in [1.29, 1.82) is 0 Å². The van der Waals surface area contributed by atoms with Gasteiger partial charge in [-0.25, -0.2) is 4.79 Å². The Hall–Kier alpha value is -1.25. The number of ether oxygens (including phenoxy) is 2. The molecule has 1 aliphatic rings. The quantitative estimate of drug-likeness (QED) is 0.542. The van der Waals surface area contributed by atoms with E-state index in [1.165, 1.54) is 12.7 Å². The molecular formula is C15H24O3. The lowest BCUT2D eigenvalue weighted by Crippen LogP contribution is -2.19. The smallest absolute Gasteiger partial charge is 0.437 e. The SMILES string of the molecule is COC(=O)OC1=CC(C)(CCC=C(C)C)CCC1. The molecule has 0 saturated carbocycles. The Kier molecular flexibility index (Phi) is 5.45. The van der Waals surface area contributed by atoms with E-state index in [9.17, 15) is 4.79 Å². The lowest BCUT2D eigenvalue weighted by molar-refractivity contribution is 0.0905. The normalized spacial score (nSPS) is 23.0. The van der Waals surface area contributed by atoms with E-state index in [0.717, 1.165) is 37.9 Å². The van der Waals surface area contributed by atoms with Gasteiger partial charge in [0.15, 0.2) is 0 Å². The van der Waals surface area contributed by atoms with E-state index in [2.05, 4.69) is 37.7 Å². The van der Waals surface area contributed by atoms with Crippen LogP contribution in [-0.2, 0) is 9.47 Å². The first kappa shape index (κ1) is 14.8. The Bertz CT molecular complexity index is 351. The van der Waals surface area contributed by atoms with Gasteiger partial charge in [0.2, 0.25) is 0 Å². The van der Waals surface area contributed by atoms with Crippen LogP contribution in [0.15, 0.2) is 23.5 Å². The van der Waals surface area contributed by atoms with Crippen molar-refractivity contribution < 1.29 is 14.3 Å². The Morgan fingerprint density at radius 1 is 1.50 bits per heavy atom. The predicted octanol–water partition coefficient (Wildman–Crippen LogP) is 4.59. The molecule has 0 N–H and O–H groups in total. The molecule has 3 nitrogen and oxygen atoms in total. The molecule has 1 atom stereocenters. The predicted molar refractivity (Wildman–Crippen MR) is 72.2 cm³/mol. The van der Waals surface area contributed by atoms with Gasteiger partial charge in [-0.2, -0.15) is 0 Å². The van der Waals surface area contributed by atoms with E-state index in [4.69, 9.17) is 4.74 Å². The minimum absolute atomic E-state index is 0.132. The van der Waals surface area contributed by atoms with Crippen molar-refractivity contribution >= 4 is 6.16 Å². The van der Waals surface area contributed by atoms with Crippen LogP contribution >= 0.6 is 0 Å². The highest BCUT2D eigenvalue weighted by Crippen LogP contribution is 2.38. The van der Waals surface area contributed by atoms with Gasteiger partial charge in [-0.1, -0.05) is 18.6 Å². The largest absolute Gasteiger partial charge is 0.513 e. The van der Waals surface area contributed by atoms with E-state index in [1.54, 1.807) is 0 Å². The van der Waals surface area contributed by atoms with Gasteiger partial charge in [-0.05, 0) is 51.0 Å². The van der Waals surface area contributed by atoms with Gasteiger partial charge in [-0.3, -0.25) is 0 Å². The molecule has 0 aromatic rings. The zero-order chi connectivity index (χ0) is 13.6. The van der Waals surface area contributed by atoms with Crippen molar-refractivity contribution in [2.45, 2.75) is 52.9 Å². The Labute approximate surface area is 110 Å². The maximum atomic E-state index is 11.1. The van der Waals surface area contributed by atoms with E-state index < -0.39 is 6.16 Å². The topological polar surface area (TPSA) is 35.5 Å². The summed E-state index contributed by atoms with van der Waals surface area (Å²) in [5.74, 6) is 0.757. The molecule has 18 heavy (non-hydrogen) atoms. The van der Waals surface area contributed by atoms with Crippen LogP contribution in [0.2, 0.25) is 0 Å².